The SMILES string of the molecule is CCN(CC)c1ccc(NC(=O)c2c(-c3c(Cl)cccc3Cl)noc2CCN2CCC(C)(C)C2=O)cc1. The Morgan fingerprint density at radius 3 is 2.32 bits per heavy atom. The summed E-state index contributed by atoms with van der Waals surface area (Å²) in [5.41, 5.74) is 2.30. The number of hydrogen-bond donors (Lipinski definition) is 1. The molecule has 3 aromatic rings. The molecule has 7 nitrogen and oxygen atoms in total. The number of benzene rings is 2. The van der Waals surface area contributed by atoms with Crippen LogP contribution in [0.4, 0.5) is 11.4 Å². The predicted molar refractivity (Wildman–Crippen MR) is 149 cm³/mol. The molecule has 0 aliphatic carbocycles. The summed E-state index contributed by atoms with van der Waals surface area (Å²) >= 11 is 12.9. The Morgan fingerprint density at radius 2 is 1.76 bits per heavy atom. The molecule has 0 radical (unpaired) electrons. The molecule has 4 rings (SSSR count). The highest BCUT2D eigenvalue weighted by atomic mass is 35.5. The average Bonchev–Trinajstić information content (AvgIpc) is 3.39. The summed E-state index contributed by atoms with van der Waals surface area (Å²) in [4.78, 5) is 30.4. The number of likely N-dealkylation sites (tertiary alicyclic amines) is 1. The predicted octanol–water partition coefficient (Wildman–Crippen LogP) is 6.55. The molecule has 1 aliphatic heterocycles. The molecule has 1 saturated heterocycles. The normalized spacial score (nSPS) is 14.8. The van der Waals surface area contributed by atoms with Crippen LogP contribution in [0.1, 0.15) is 50.2 Å². The summed E-state index contributed by atoms with van der Waals surface area (Å²) < 4.78 is 5.67. The van der Waals surface area contributed by atoms with Gasteiger partial charge in [-0.05, 0) is 56.7 Å². The minimum absolute atomic E-state index is 0.0979. The molecule has 1 N–H and O–H groups in total. The van der Waals surface area contributed by atoms with Gasteiger partial charge >= 0.3 is 0 Å². The smallest absolute Gasteiger partial charge is 0.261 e. The van der Waals surface area contributed by atoms with Crippen LogP contribution < -0.4 is 10.2 Å². The van der Waals surface area contributed by atoms with Gasteiger partial charge in [-0.25, -0.2) is 0 Å². The lowest BCUT2D eigenvalue weighted by atomic mass is 9.92. The number of carbonyl (C=O) groups is 2. The van der Waals surface area contributed by atoms with Crippen molar-refractivity contribution in [1.29, 1.82) is 0 Å². The molecule has 2 aromatic carbocycles. The number of rotatable bonds is 9. The van der Waals surface area contributed by atoms with Crippen LogP contribution in [0.2, 0.25) is 10.0 Å². The second-order valence-corrected chi connectivity index (χ2v) is 10.6. The molecule has 196 valence electrons. The van der Waals surface area contributed by atoms with E-state index in [9.17, 15) is 9.59 Å². The molecule has 0 saturated carbocycles. The van der Waals surface area contributed by atoms with Crippen LogP contribution in [0.5, 0.6) is 0 Å². The van der Waals surface area contributed by atoms with Gasteiger partial charge in [0, 0.05) is 55.0 Å². The van der Waals surface area contributed by atoms with Gasteiger partial charge in [0.15, 0.2) is 5.76 Å². The maximum Gasteiger partial charge on any atom is 0.261 e. The first-order valence-corrected chi connectivity index (χ1v) is 13.3. The molecule has 2 heterocycles. The molecule has 0 bridgehead atoms. The highest BCUT2D eigenvalue weighted by Gasteiger charge is 2.38. The van der Waals surface area contributed by atoms with E-state index in [0.717, 1.165) is 25.2 Å². The molecule has 1 fully saturated rings. The minimum atomic E-state index is -0.383. The molecule has 9 heteroatoms. The second kappa shape index (κ2) is 11.2. The van der Waals surface area contributed by atoms with Gasteiger partial charge in [-0.2, -0.15) is 0 Å². The van der Waals surface area contributed by atoms with Crippen molar-refractivity contribution in [1.82, 2.24) is 10.1 Å². The fraction of sp³-hybridized carbons (Fsp3) is 0.393. The summed E-state index contributed by atoms with van der Waals surface area (Å²) in [5, 5.41) is 7.89. The molecule has 2 amide bonds. The standard InChI is InChI=1S/C28H32Cl2N4O3/c1-5-33(6-2)19-12-10-18(11-13-19)31-26(35)24-22(14-16-34-17-15-28(3,4)27(34)36)37-32-25(24)23-20(29)8-7-9-21(23)30/h7-13H,5-6,14-17H2,1-4H3,(H,31,35). The van der Waals surface area contributed by atoms with Gasteiger partial charge in [0.1, 0.15) is 11.3 Å². The Hall–Kier alpha value is -3.03. The van der Waals surface area contributed by atoms with Gasteiger partial charge in [-0.1, -0.05) is 48.3 Å². The summed E-state index contributed by atoms with van der Waals surface area (Å²) in [6.45, 7) is 11.0. The highest BCUT2D eigenvalue weighted by molar-refractivity contribution is 6.39. The number of nitrogens with zero attached hydrogens (tertiary/aromatic N) is 3. The van der Waals surface area contributed by atoms with E-state index in [0.29, 0.717) is 46.6 Å². The summed E-state index contributed by atoms with van der Waals surface area (Å²) in [6, 6.07) is 12.8. The first-order chi connectivity index (χ1) is 17.7. The summed E-state index contributed by atoms with van der Waals surface area (Å²) in [5.74, 6) is 0.0901. The van der Waals surface area contributed by atoms with Crippen LogP contribution in [0, 0.1) is 5.41 Å². The zero-order chi connectivity index (χ0) is 26.7. The Balaban J connectivity index is 1.64. The number of aromatic nitrogens is 1. The molecule has 0 unspecified atom stereocenters. The molecule has 1 aliphatic rings. The van der Waals surface area contributed by atoms with Crippen molar-refractivity contribution in [2.75, 3.05) is 36.4 Å². The number of amides is 2. The van der Waals surface area contributed by atoms with Crippen molar-refractivity contribution < 1.29 is 14.1 Å². The van der Waals surface area contributed by atoms with Crippen molar-refractivity contribution in [2.45, 2.75) is 40.5 Å². The average molecular weight is 543 g/mol. The maximum atomic E-state index is 13.6. The van der Waals surface area contributed by atoms with E-state index < -0.39 is 0 Å². The van der Waals surface area contributed by atoms with Gasteiger partial charge < -0.3 is 19.6 Å². The van der Waals surface area contributed by atoms with Crippen LogP contribution >= 0.6 is 23.2 Å². The number of hydrogen-bond acceptors (Lipinski definition) is 5. The minimum Gasteiger partial charge on any atom is -0.372 e. The van der Waals surface area contributed by atoms with Crippen LogP contribution in [-0.2, 0) is 11.2 Å². The van der Waals surface area contributed by atoms with Crippen molar-refractivity contribution in [3.63, 3.8) is 0 Å². The third-order valence-corrected chi connectivity index (χ3v) is 7.55. The fourth-order valence-electron chi connectivity index (χ4n) is 4.66. The van der Waals surface area contributed by atoms with Crippen LogP contribution in [-0.4, -0.2) is 48.0 Å². The van der Waals surface area contributed by atoms with E-state index in [1.807, 2.05) is 38.1 Å². The summed E-state index contributed by atoms with van der Waals surface area (Å²) in [7, 11) is 0. The zero-order valence-electron chi connectivity index (χ0n) is 21.6. The van der Waals surface area contributed by atoms with E-state index in [4.69, 9.17) is 27.7 Å². The van der Waals surface area contributed by atoms with Gasteiger partial charge in [0.25, 0.3) is 5.91 Å². The number of carbonyl (C=O) groups excluding carboxylic acids is 2. The molecule has 37 heavy (non-hydrogen) atoms. The van der Waals surface area contributed by atoms with Gasteiger partial charge in [0.2, 0.25) is 5.91 Å². The Bertz CT molecular complexity index is 1260. The van der Waals surface area contributed by atoms with E-state index in [1.165, 1.54) is 0 Å². The Labute approximate surface area is 227 Å². The third kappa shape index (κ3) is 5.63. The quantitative estimate of drug-likeness (QED) is 0.331. The first kappa shape index (κ1) is 27.0. The van der Waals surface area contributed by atoms with Crippen molar-refractivity contribution in [3.8, 4) is 11.3 Å². The van der Waals surface area contributed by atoms with Crippen LogP contribution in [0.3, 0.4) is 0 Å². The Morgan fingerprint density at radius 1 is 1.11 bits per heavy atom. The number of nitrogens with one attached hydrogen (secondary N) is 1. The van der Waals surface area contributed by atoms with Crippen molar-refractivity contribution >= 4 is 46.4 Å². The molecule has 0 atom stereocenters. The number of halogens is 2. The largest absolute Gasteiger partial charge is 0.372 e. The zero-order valence-corrected chi connectivity index (χ0v) is 23.1. The monoisotopic (exact) mass is 542 g/mol. The van der Waals surface area contributed by atoms with Crippen molar-refractivity contribution in [2.24, 2.45) is 5.41 Å². The van der Waals surface area contributed by atoms with Gasteiger partial charge in [-0.3, -0.25) is 9.59 Å². The highest BCUT2D eigenvalue weighted by Crippen LogP contribution is 2.38. The second-order valence-electron chi connectivity index (χ2n) is 9.78. The maximum absolute atomic E-state index is 13.6. The van der Waals surface area contributed by atoms with E-state index in [-0.39, 0.29) is 28.5 Å². The molecular weight excluding hydrogens is 511 g/mol. The van der Waals surface area contributed by atoms with Crippen LogP contribution in [0.25, 0.3) is 11.3 Å². The van der Waals surface area contributed by atoms with E-state index in [2.05, 4.69) is 29.2 Å². The lowest BCUT2D eigenvalue weighted by Crippen LogP contribution is -2.32. The summed E-state index contributed by atoms with van der Waals surface area (Å²) in [6.07, 6.45) is 1.13. The Kier molecular flexibility index (Phi) is 8.14. The van der Waals surface area contributed by atoms with E-state index in [1.54, 1.807) is 23.1 Å². The molecule has 0 spiro atoms. The fourth-order valence-corrected chi connectivity index (χ4v) is 5.24. The molecular formula is C28H32Cl2N4O3. The van der Waals surface area contributed by atoms with Crippen LogP contribution in [0.15, 0.2) is 47.0 Å². The molecule has 1 aromatic heterocycles. The van der Waals surface area contributed by atoms with Crippen molar-refractivity contribution in [3.05, 3.63) is 63.8 Å². The third-order valence-electron chi connectivity index (χ3n) is 6.92. The van der Waals surface area contributed by atoms with E-state index >= 15 is 0 Å². The lowest BCUT2D eigenvalue weighted by Gasteiger charge is -2.21. The first-order valence-electron chi connectivity index (χ1n) is 12.5. The topological polar surface area (TPSA) is 78.7 Å². The van der Waals surface area contributed by atoms with Gasteiger partial charge in [0.05, 0.1) is 10.0 Å². The lowest BCUT2D eigenvalue weighted by molar-refractivity contribution is -0.134. The van der Waals surface area contributed by atoms with Gasteiger partial charge in [-0.15, -0.1) is 0 Å². The number of anilines is 2.